The van der Waals surface area contributed by atoms with Gasteiger partial charge in [0.05, 0.1) is 24.5 Å². The monoisotopic (exact) mass is 444 g/mol. The number of esters is 1. The average molecular weight is 445 g/mol. The van der Waals surface area contributed by atoms with Gasteiger partial charge < -0.3 is 20.5 Å². The molecule has 176 valence electrons. The van der Waals surface area contributed by atoms with Crippen LogP contribution in [0.5, 0.6) is 0 Å². The molecule has 0 fully saturated rings. The number of ether oxygens (including phenoxy) is 1. The van der Waals surface area contributed by atoms with Crippen molar-refractivity contribution in [3.05, 3.63) is 61.2 Å². The van der Waals surface area contributed by atoms with Crippen molar-refractivity contribution in [3.8, 4) is 0 Å². The Morgan fingerprint density at radius 2 is 1.62 bits per heavy atom. The van der Waals surface area contributed by atoms with E-state index in [0.717, 1.165) is 5.56 Å². The minimum Gasteiger partial charge on any atom is -0.463 e. The Morgan fingerprint density at radius 3 is 2.22 bits per heavy atom. The molecule has 32 heavy (non-hydrogen) atoms. The van der Waals surface area contributed by atoms with Crippen LogP contribution in [0.2, 0.25) is 0 Å². The van der Waals surface area contributed by atoms with E-state index in [2.05, 4.69) is 23.8 Å². The molecule has 1 aromatic carbocycles. The van der Waals surface area contributed by atoms with Crippen molar-refractivity contribution in [2.45, 2.75) is 51.6 Å². The molecular formula is C25H36N2O5. The minimum atomic E-state index is -0.594. The fourth-order valence-electron chi connectivity index (χ4n) is 3.18. The Hall–Kier alpha value is -2.93. The van der Waals surface area contributed by atoms with E-state index in [9.17, 15) is 14.4 Å². The fourth-order valence-corrected chi connectivity index (χ4v) is 3.18. The van der Waals surface area contributed by atoms with Crippen molar-refractivity contribution in [2.75, 3.05) is 13.2 Å². The van der Waals surface area contributed by atoms with Crippen molar-refractivity contribution in [1.29, 1.82) is 0 Å². The minimum absolute atomic E-state index is 0.0206. The van der Waals surface area contributed by atoms with Crippen molar-refractivity contribution in [1.82, 2.24) is 10.6 Å². The maximum absolute atomic E-state index is 12.6. The van der Waals surface area contributed by atoms with Crippen LogP contribution in [-0.4, -0.2) is 48.2 Å². The number of hydrogen-bond donors (Lipinski definition) is 3. The second-order valence-electron chi connectivity index (χ2n) is 8.03. The summed E-state index contributed by atoms with van der Waals surface area (Å²) in [6.45, 7) is 10.6. The van der Waals surface area contributed by atoms with E-state index in [1.165, 1.54) is 0 Å². The molecule has 2 amide bonds. The summed E-state index contributed by atoms with van der Waals surface area (Å²) in [6.07, 6.45) is 4.64. The number of benzene rings is 1. The van der Waals surface area contributed by atoms with Crippen LogP contribution in [0.4, 0.5) is 0 Å². The number of amides is 2. The van der Waals surface area contributed by atoms with Crippen LogP contribution in [0.3, 0.4) is 0 Å². The van der Waals surface area contributed by atoms with Gasteiger partial charge in [-0.25, -0.2) is 0 Å². The number of rotatable bonds is 15. The third-order valence-electron chi connectivity index (χ3n) is 4.91. The largest absolute Gasteiger partial charge is 0.463 e. The summed E-state index contributed by atoms with van der Waals surface area (Å²) in [7, 11) is 0. The molecule has 7 nitrogen and oxygen atoms in total. The maximum Gasteiger partial charge on any atom is 0.309 e. The van der Waals surface area contributed by atoms with Gasteiger partial charge in [0.1, 0.15) is 6.61 Å². The van der Waals surface area contributed by atoms with Crippen molar-refractivity contribution in [3.63, 3.8) is 0 Å². The molecule has 0 aromatic heterocycles. The molecule has 0 heterocycles. The Bertz CT molecular complexity index is 750. The number of nitrogens with one attached hydrogen (secondary N) is 2. The third-order valence-corrected chi connectivity index (χ3v) is 4.91. The molecule has 0 saturated carbocycles. The van der Waals surface area contributed by atoms with Crippen LogP contribution < -0.4 is 10.6 Å². The third kappa shape index (κ3) is 10.4. The number of aliphatic hydroxyl groups excluding tert-OH is 1. The Morgan fingerprint density at radius 1 is 1.00 bits per heavy atom. The zero-order valence-corrected chi connectivity index (χ0v) is 19.1. The van der Waals surface area contributed by atoms with E-state index in [4.69, 9.17) is 9.84 Å². The predicted molar refractivity (Wildman–Crippen MR) is 125 cm³/mol. The summed E-state index contributed by atoms with van der Waals surface area (Å²) < 4.78 is 5.45. The van der Waals surface area contributed by atoms with Crippen LogP contribution in [0.15, 0.2) is 55.6 Å². The lowest BCUT2D eigenvalue weighted by molar-refractivity contribution is -0.149. The lowest BCUT2D eigenvalue weighted by atomic mass is 9.96. The van der Waals surface area contributed by atoms with Gasteiger partial charge in [0.2, 0.25) is 11.8 Å². The molecular weight excluding hydrogens is 408 g/mol. The van der Waals surface area contributed by atoms with Gasteiger partial charge in [-0.2, -0.15) is 0 Å². The first-order chi connectivity index (χ1) is 15.3. The number of carbonyl (C=O) groups excluding carboxylic acids is 3. The topological polar surface area (TPSA) is 105 Å². The van der Waals surface area contributed by atoms with Crippen molar-refractivity contribution >= 4 is 17.8 Å². The van der Waals surface area contributed by atoms with Crippen LogP contribution in [0.25, 0.3) is 0 Å². The van der Waals surface area contributed by atoms with E-state index in [1.54, 1.807) is 26.0 Å². The lowest BCUT2D eigenvalue weighted by Gasteiger charge is -2.21. The molecule has 0 aliphatic rings. The average Bonchev–Trinajstić information content (AvgIpc) is 2.77. The number of hydrogen-bond acceptors (Lipinski definition) is 5. The molecule has 4 atom stereocenters. The van der Waals surface area contributed by atoms with Gasteiger partial charge >= 0.3 is 5.97 Å². The van der Waals surface area contributed by atoms with Gasteiger partial charge in [-0.15, -0.1) is 13.2 Å². The second-order valence-corrected chi connectivity index (χ2v) is 8.03. The number of aliphatic hydroxyl groups is 1. The smallest absolute Gasteiger partial charge is 0.309 e. The SMILES string of the molecule is C=CC[C@@H](CC(=O)N[C@@H](C)CO)C(=O)N[C@@H](C)COC(=O)[C@H](CC=C)Cc1ccccc1. The highest BCUT2D eigenvalue weighted by Gasteiger charge is 2.24. The van der Waals surface area contributed by atoms with E-state index in [-0.39, 0.29) is 49.4 Å². The van der Waals surface area contributed by atoms with E-state index in [1.807, 2.05) is 30.3 Å². The first kappa shape index (κ1) is 27.1. The molecule has 3 N–H and O–H groups in total. The molecule has 0 unspecified atom stereocenters. The molecule has 1 rings (SSSR count). The van der Waals surface area contributed by atoms with Gasteiger partial charge in [-0.05, 0) is 38.7 Å². The molecule has 0 bridgehead atoms. The lowest BCUT2D eigenvalue weighted by Crippen LogP contribution is -2.43. The predicted octanol–water partition coefficient (Wildman–Crippen LogP) is 2.55. The Kier molecular flexibility index (Phi) is 12.7. The summed E-state index contributed by atoms with van der Waals surface area (Å²) in [5.74, 6) is -1.91. The van der Waals surface area contributed by atoms with Crippen LogP contribution in [-0.2, 0) is 25.5 Å². The normalized spacial score (nSPS) is 14.3. The van der Waals surface area contributed by atoms with Gasteiger partial charge in [0.15, 0.2) is 0 Å². The molecule has 0 radical (unpaired) electrons. The number of allylic oxidation sites excluding steroid dienone is 2. The van der Waals surface area contributed by atoms with E-state index < -0.39 is 12.0 Å². The van der Waals surface area contributed by atoms with Gasteiger partial charge in [-0.1, -0.05) is 42.5 Å². The quantitative estimate of drug-likeness (QED) is 0.285. The molecule has 0 spiro atoms. The number of carbonyl (C=O) groups is 3. The Labute approximate surface area is 190 Å². The molecule has 1 aromatic rings. The van der Waals surface area contributed by atoms with E-state index >= 15 is 0 Å². The van der Waals surface area contributed by atoms with Crippen molar-refractivity contribution < 1.29 is 24.2 Å². The fraction of sp³-hybridized carbons (Fsp3) is 0.480. The zero-order valence-electron chi connectivity index (χ0n) is 19.1. The highest BCUT2D eigenvalue weighted by Crippen LogP contribution is 2.15. The Balaban J connectivity index is 2.57. The summed E-state index contributed by atoms with van der Waals surface area (Å²) in [6, 6.07) is 8.89. The second kappa shape index (κ2) is 15.0. The van der Waals surface area contributed by atoms with Gasteiger partial charge in [-0.3, -0.25) is 14.4 Å². The first-order valence-electron chi connectivity index (χ1n) is 10.9. The van der Waals surface area contributed by atoms with Crippen molar-refractivity contribution in [2.24, 2.45) is 11.8 Å². The van der Waals surface area contributed by atoms with Crippen LogP contribution >= 0.6 is 0 Å². The van der Waals surface area contributed by atoms with Crippen LogP contribution in [0, 0.1) is 11.8 Å². The van der Waals surface area contributed by atoms with E-state index in [0.29, 0.717) is 19.3 Å². The summed E-state index contributed by atoms with van der Waals surface area (Å²) in [4.78, 5) is 37.3. The molecule has 0 aliphatic heterocycles. The van der Waals surface area contributed by atoms with Gasteiger partial charge in [0.25, 0.3) is 0 Å². The summed E-state index contributed by atoms with van der Waals surface area (Å²) in [5, 5.41) is 14.5. The summed E-state index contributed by atoms with van der Waals surface area (Å²) in [5.41, 5.74) is 1.04. The van der Waals surface area contributed by atoms with Crippen LogP contribution in [0.1, 0.15) is 38.7 Å². The molecule has 0 aliphatic carbocycles. The first-order valence-corrected chi connectivity index (χ1v) is 10.9. The maximum atomic E-state index is 12.6. The standard InChI is InChI=1S/C25H36N2O5/c1-5-10-21(15-23(29)26-18(3)16-28)24(30)27-19(4)17-32-25(31)22(11-6-2)14-20-12-8-7-9-13-20/h5-9,12-13,18-19,21-22,28H,1-2,10-11,14-17H2,3-4H3,(H,26,29)(H,27,30)/t18-,19-,21-,22+/m0/s1. The summed E-state index contributed by atoms with van der Waals surface area (Å²) >= 11 is 0. The zero-order chi connectivity index (χ0) is 23.9. The molecule has 7 heteroatoms. The van der Waals surface area contributed by atoms with Gasteiger partial charge in [0, 0.05) is 12.5 Å². The highest BCUT2D eigenvalue weighted by molar-refractivity contribution is 5.86. The molecule has 0 saturated heterocycles. The highest BCUT2D eigenvalue weighted by atomic mass is 16.5.